The van der Waals surface area contributed by atoms with Gasteiger partial charge in [0.1, 0.15) is 0 Å². The van der Waals surface area contributed by atoms with E-state index >= 15 is 0 Å². The van der Waals surface area contributed by atoms with Gasteiger partial charge >= 0.3 is 6.03 Å². The fourth-order valence-corrected chi connectivity index (χ4v) is 4.50. The van der Waals surface area contributed by atoms with Crippen LogP contribution in [0.25, 0.3) is 0 Å². The van der Waals surface area contributed by atoms with Gasteiger partial charge in [0.2, 0.25) is 0 Å². The van der Waals surface area contributed by atoms with Gasteiger partial charge in [-0.1, -0.05) is 56.3 Å². The predicted molar refractivity (Wildman–Crippen MR) is 115 cm³/mol. The Hall–Kier alpha value is -2.47. The van der Waals surface area contributed by atoms with Crippen LogP contribution in [0, 0.1) is 17.0 Å². The van der Waals surface area contributed by atoms with Gasteiger partial charge in [-0.25, -0.2) is 13.6 Å². The number of nitrogens with zero attached hydrogens (tertiary/aromatic N) is 2. The number of amides is 2. The summed E-state index contributed by atoms with van der Waals surface area (Å²) in [7, 11) is 2.09. The van der Waals surface area contributed by atoms with Crippen molar-refractivity contribution in [3.8, 4) is 0 Å². The van der Waals surface area contributed by atoms with E-state index < -0.39 is 17.7 Å². The Morgan fingerprint density at radius 2 is 1.90 bits per heavy atom. The van der Waals surface area contributed by atoms with Crippen LogP contribution in [0.5, 0.6) is 0 Å². The summed E-state index contributed by atoms with van der Waals surface area (Å²) in [5, 5.41) is 2.90. The molecule has 2 amide bonds. The lowest BCUT2D eigenvalue weighted by Gasteiger charge is -2.48. The van der Waals surface area contributed by atoms with Crippen molar-refractivity contribution >= 4 is 6.03 Å². The number of carbonyl (C=O) groups is 1. The summed E-state index contributed by atoms with van der Waals surface area (Å²) in [6.45, 7) is 8.27. The molecule has 1 N–H and O–H groups in total. The molecule has 0 bridgehead atoms. The van der Waals surface area contributed by atoms with Crippen LogP contribution in [-0.2, 0) is 6.54 Å². The Bertz CT molecular complexity index is 872. The van der Waals surface area contributed by atoms with Gasteiger partial charge in [-0.2, -0.15) is 0 Å². The first-order chi connectivity index (χ1) is 14.2. The molecule has 0 aliphatic carbocycles. The molecule has 4 nitrogen and oxygen atoms in total. The summed E-state index contributed by atoms with van der Waals surface area (Å²) < 4.78 is 27.9. The number of halogens is 2. The number of likely N-dealkylation sites (tertiary alicyclic amines) is 1. The van der Waals surface area contributed by atoms with Crippen molar-refractivity contribution in [3.05, 3.63) is 71.3 Å². The van der Waals surface area contributed by atoms with Crippen molar-refractivity contribution in [2.45, 2.75) is 45.8 Å². The van der Waals surface area contributed by atoms with Crippen LogP contribution < -0.4 is 5.32 Å². The molecule has 30 heavy (non-hydrogen) atoms. The Morgan fingerprint density at radius 3 is 2.57 bits per heavy atom. The van der Waals surface area contributed by atoms with Crippen molar-refractivity contribution in [3.63, 3.8) is 0 Å². The van der Waals surface area contributed by atoms with Crippen molar-refractivity contribution < 1.29 is 13.6 Å². The molecule has 0 saturated carbocycles. The molecule has 2 aromatic rings. The number of benzene rings is 2. The van der Waals surface area contributed by atoms with Crippen LogP contribution in [0.1, 0.15) is 44.4 Å². The minimum Gasteiger partial charge on any atom is -0.331 e. The summed E-state index contributed by atoms with van der Waals surface area (Å²) >= 11 is 0. The number of rotatable bonds is 5. The van der Waals surface area contributed by atoms with Crippen LogP contribution in [0.3, 0.4) is 0 Å². The number of hydrogen-bond acceptors (Lipinski definition) is 2. The highest BCUT2D eigenvalue weighted by Crippen LogP contribution is 2.34. The lowest BCUT2D eigenvalue weighted by Crippen LogP contribution is -2.58. The van der Waals surface area contributed by atoms with E-state index in [4.69, 9.17) is 0 Å². The second-order valence-corrected chi connectivity index (χ2v) is 8.96. The van der Waals surface area contributed by atoms with Crippen LogP contribution in [0.15, 0.2) is 48.5 Å². The van der Waals surface area contributed by atoms with Gasteiger partial charge in [0.25, 0.3) is 0 Å². The zero-order chi connectivity index (χ0) is 21.9. The monoisotopic (exact) mass is 415 g/mol. The summed E-state index contributed by atoms with van der Waals surface area (Å²) in [5.74, 6) is -1.83. The van der Waals surface area contributed by atoms with Gasteiger partial charge in [0, 0.05) is 24.7 Å². The first-order valence-electron chi connectivity index (χ1n) is 10.4. The van der Waals surface area contributed by atoms with Crippen LogP contribution in [0.2, 0.25) is 0 Å². The van der Waals surface area contributed by atoms with Crippen molar-refractivity contribution in [2.24, 2.45) is 5.41 Å². The minimum atomic E-state index is -0.917. The molecule has 6 heteroatoms. The predicted octanol–water partition coefficient (Wildman–Crippen LogP) is 4.97. The van der Waals surface area contributed by atoms with Crippen LogP contribution >= 0.6 is 0 Å². The number of urea groups is 1. The Balaban J connectivity index is 1.85. The largest absolute Gasteiger partial charge is 0.331 e. The van der Waals surface area contributed by atoms with Gasteiger partial charge in [-0.3, -0.25) is 0 Å². The summed E-state index contributed by atoms with van der Waals surface area (Å²) in [4.78, 5) is 17.5. The zero-order valence-corrected chi connectivity index (χ0v) is 18.2. The molecule has 1 aliphatic heterocycles. The Kier molecular flexibility index (Phi) is 6.76. The third-order valence-electron chi connectivity index (χ3n) is 5.98. The smallest absolute Gasteiger partial charge is 0.318 e. The zero-order valence-electron chi connectivity index (χ0n) is 18.2. The lowest BCUT2D eigenvalue weighted by molar-refractivity contribution is 0.0300. The molecule has 1 fully saturated rings. The highest BCUT2D eigenvalue weighted by Gasteiger charge is 2.40. The van der Waals surface area contributed by atoms with Gasteiger partial charge in [0.15, 0.2) is 11.6 Å². The second-order valence-electron chi connectivity index (χ2n) is 8.96. The molecule has 1 aliphatic rings. The maximum absolute atomic E-state index is 14.2. The molecule has 3 rings (SSSR count). The van der Waals surface area contributed by atoms with Gasteiger partial charge < -0.3 is 15.1 Å². The molecule has 2 unspecified atom stereocenters. The topological polar surface area (TPSA) is 35.6 Å². The standard InChI is InChI=1S/C24H31F2N3O/c1-17(19-11-8-12-20(25)22(19)26)27-23(30)29(15-18-9-6-5-7-10-18)21-13-14-28(4)16-24(21,2)3/h5-12,17,21H,13-16H2,1-4H3,(H,27,30). The van der Waals surface area contributed by atoms with Gasteiger partial charge in [0.05, 0.1) is 6.04 Å². The van der Waals surface area contributed by atoms with E-state index in [9.17, 15) is 13.6 Å². The maximum atomic E-state index is 14.2. The normalized spacial score (nSPS) is 19.9. The third-order valence-corrected chi connectivity index (χ3v) is 5.98. The Labute approximate surface area is 177 Å². The molecule has 2 aromatic carbocycles. The fourth-order valence-electron chi connectivity index (χ4n) is 4.50. The maximum Gasteiger partial charge on any atom is 0.318 e. The average molecular weight is 416 g/mol. The lowest BCUT2D eigenvalue weighted by atomic mass is 9.78. The molecule has 1 saturated heterocycles. The van der Waals surface area contributed by atoms with Crippen molar-refractivity contribution in [1.82, 2.24) is 15.1 Å². The first kappa shape index (κ1) is 22.2. The molecular weight excluding hydrogens is 384 g/mol. The molecule has 162 valence electrons. The molecule has 0 aromatic heterocycles. The van der Waals surface area contributed by atoms with Crippen LogP contribution in [0.4, 0.5) is 13.6 Å². The van der Waals surface area contributed by atoms with Crippen molar-refractivity contribution in [2.75, 3.05) is 20.1 Å². The highest BCUT2D eigenvalue weighted by atomic mass is 19.2. The molecule has 1 heterocycles. The third kappa shape index (κ3) is 4.98. The van der Waals surface area contributed by atoms with E-state index in [-0.39, 0.29) is 23.1 Å². The summed E-state index contributed by atoms with van der Waals surface area (Å²) in [6.07, 6.45) is 0.854. The molecule has 0 spiro atoms. The number of nitrogens with one attached hydrogen (secondary N) is 1. The minimum absolute atomic E-state index is 0.0264. The van der Waals surface area contributed by atoms with E-state index in [1.807, 2.05) is 35.2 Å². The number of piperidine rings is 1. The summed E-state index contributed by atoms with van der Waals surface area (Å²) in [6, 6.07) is 13.0. The average Bonchev–Trinajstić information content (AvgIpc) is 2.68. The van der Waals surface area contributed by atoms with E-state index in [0.29, 0.717) is 6.54 Å². The van der Waals surface area contributed by atoms with Crippen molar-refractivity contribution in [1.29, 1.82) is 0 Å². The SMILES string of the molecule is CC(NC(=O)N(Cc1ccccc1)C1CCN(C)CC1(C)C)c1cccc(F)c1F. The van der Waals surface area contributed by atoms with Crippen LogP contribution in [-0.4, -0.2) is 42.0 Å². The van der Waals surface area contributed by atoms with Gasteiger partial charge in [-0.15, -0.1) is 0 Å². The number of hydrogen-bond donors (Lipinski definition) is 1. The van der Waals surface area contributed by atoms with Gasteiger partial charge in [-0.05, 0) is 44.0 Å². The molecule has 2 atom stereocenters. The second kappa shape index (κ2) is 9.13. The number of carbonyl (C=O) groups excluding carboxylic acids is 1. The quantitative estimate of drug-likeness (QED) is 0.749. The van der Waals surface area contributed by atoms with E-state index in [2.05, 4.69) is 31.1 Å². The molecule has 0 radical (unpaired) electrons. The highest BCUT2D eigenvalue weighted by molar-refractivity contribution is 5.75. The summed E-state index contributed by atoms with van der Waals surface area (Å²) in [5.41, 5.74) is 1.07. The van der Waals surface area contributed by atoms with E-state index in [1.165, 1.54) is 12.1 Å². The Morgan fingerprint density at radius 1 is 1.20 bits per heavy atom. The van der Waals surface area contributed by atoms with E-state index in [1.54, 1.807) is 6.92 Å². The fraction of sp³-hybridized carbons (Fsp3) is 0.458. The first-order valence-corrected chi connectivity index (χ1v) is 10.4. The molecular formula is C24H31F2N3O. The van der Waals surface area contributed by atoms with E-state index in [0.717, 1.165) is 31.1 Å².